The minimum atomic E-state index is -0.460. The molecule has 0 atom stereocenters. The maximum absolute atomic E-state index is 13.2. The van der Waals surface area contributed by atoms with Gasteiger partial charge in [0.2, 0.25) is 5.13 Å². The highest BCUT2D eigenvalue weighted by Gasteiger charge is 2.21. The normalized spacial score (nSPS) is 11.3. The molecular formula is C19H10Br2N4O3S2. The van der Waals surface area contributed by atoms with E-state index in [1.807, 2.05) is 18.2 Å². The predicted molar refractivity (Wildman–Crippen MR) is 127 cm³/mol. The van der Waals surface area contributed by atoms with E-state index in [9.17, 15) is 14.9 Å². The van der Waals surface area contributed by atoms with Gasteiger partial charge in [0.25, 0.3) is 5.91 Å². The summed E-state index contributed by atoms with van der Waals surface area (Å²) in [5.41, 5.74) is 1.18. The lowest BCUT2D eigenvalue weighted by Crippen LogP contribution is -2.25. The van der Waals surface area contributed by atoms with Crippen molar-refractivity contribution in [2.75, 3.05) is 5.01 Å². The smallest absolute Gasteiger partial charge is 0.267 e. The highest BCUT2D eigenvalue weighted by Crippen LogP contribution is 2.32. The molecule has 4 rings (SSSR count). The standard InChI is InChI=1S/C19H10Br2N4O3S2/c20-12-3-1-11(2-4-12)18(26)24(22-10-14-6-8-17(29-14)25(27)28)19-23-15-7-5-13(21)9-16(15)30-19/h1-10H/b22-10+. The number of anilines is 1. The Kier molecular flexibility index (Phi) is 6.04. The van der Waals surface area contributed by atoms with Crippen LogP contribution in [0.25, 0.3) is 10.2 Å². The number of thiazole rings is 1. The van der Waals surface area contributed by atoms with Gasteiger partial charge in [0.1, 0.15) is 0 Å². The van der Waals surface area contributed by atoms with Crippen LogP contribution in [0.15, 0.2) is 68.6 Å². The minimum absolute atomic E-state index is 0.00655. The number of hydrogen-bond acceptors (Lipinski definition) is 7. The zero-order valence-electron chi connectivity index (χ0n) is 14.9. The van der Waals surface area contributed by atoms with Gasteiger partial charge in [0.15, 0.2) is 0 Å². The lowest BCUT2D eigenvalue weighted by atomic mass is 10.2. The molecule has 2 aromatic carbocycles. The Labute approximate surface area is 195 Å². The molecule has 0 aliphatic heterocycles. The molecule has 2 aromatic heterocycles. The fourth-order valence-electron chi connectivity index (χ4n) is 2.50. The van der Waals surface area contributed by atoms with Crippen LogP contribution in [0.2, 0.25) is 0 Å². The van der Waals surface area contributed by atoms with Gasteiger partial charge in [-0.1, -0.05) is 54.5 Å². The van der Waals surface area contributed by atoms with Crippen molar-refractivity contribution in [1.29, 1.82) is 0 Å². The van der Waals surface area contributed by atoms with Gasteiger partial charge in [-0.25, -0.2) is 4.98 Å². The zero-order chi connectivity index (χ0) is 21.3. The second-order valence-electron chi connectivity index (χ2n) is 5.91. The number of nitro groups is 1. The Morgan fingerprint density at radius 2 is 1.80 bits per heavy atom. The summed E-state index contributed by atoms with van der Waals surface area (Å²) < 4.78 is 2.66. The topological polar surface area (TPSA) is 88.7 Å². The molecule has 11 heteroatoms. The number of fused-ring (bicyclic) bond motifs is 1. The van der Waals surface area contributed by atoms with Gasteiger partial charge in [0, 0.05) is 20.6 Å². The fraction of sp³-hybridized carbons (Fsp3) is 0. The van der Waals surface area contributed by atoms with Crippen LogP contribution in [0.4, 0.5) is 10.1 Å². The van der Waals surface area contributed by atoms with E-state index < -0.39 is 4.92 Å². The van der Waals surface area contributed by atoms with Gasteiger partial charge in [-0.3, -0.25) is 14.9 Å². The third kappa shape index (κ3) is 4.48. The average molecular weight is 566 g/mol. The quantitative estimate of drug-likeness (QED) is 0.157. The molecule has 0 radical (unpaired) electrons. The minimum Gasteiger partial charge on any atom is -0.267 e. The van der Waals surface area contributed by atoms with Gasteiger partial charge in [-0.2, -0.15) is 10.1 Å². The molecule has 30 heavy (non-hydrogen) atoms. The number of rotatable bonds is 5. The summed E-state index contributed by atoms with van der Waals surface area (Å²) in [6, 6.07) is 15.6. The average Bonchev–Trinajstić information content (AvgIpc) is 3.35. The lowest BCUT2D eigenvalue weighted by Gasteiger charge is -2.13. The van der Waals surface area contributed by atoms with E-state index in [2.05, 4.69) is 41.9 Å². The number of hydrazone groups is 1. The molecule has 0 spiro atoms. The third-order valence-electron chi connectivity index (χ3n) is 3.90. The van der Waals surface area contributed by atoms with Crippen molar-refractivity contribution in [3.8, 4) is 0 Å². The first-order valence-corrected chi connectivity index (χ1v) is 11.6. The van der Waals surface area contributed by atoms with E-state index in [1.54, 1.807) is 30.3 Å². The SMILES string of the molecule is O=C(c1ccc(Br)cc1)N(/N=C/c1ccc([N+](=O)[O-])s1)c1nc2ccc(Br)cc2s1. The van der Waals surface area contributed by atoms with Gasteiger partial charge < -0.3 is 0 Å². The first-order chi connectivity index (χ1) is 14.4. The van der Waals surface area contributed by atoms with Crippen LogP contribution in [-0.4, -0.2) is 22.0 Å². The van der Waals surface area contributed by atoms with Crippen LogP contribution in [0, 0.1) is 10.1 Å². The first-order valence-electron chi connectivity index (χ1n) is 8.35. The fourth-order valence-corrected chi connectivity index (χ4v) is 4.93. The maximum Gasteiger partial charge on any atom is 0.324 e. The van der Waals surface area contributed by atoms with E-state index in [-0.39, 0.29) is 10.9 Å². The van der Waals surface area contributed by atoms with Crippen LogP contribution in [-0.2, 0) is 0 Å². The number of benzene rings is 2. The highest BCUT2D eigenvalue weighted by molar-refractivity contribution is 9.10. The summed E-state index contributed by atoms with van der Waals surface area (Å²) in [5.74, 6) is -0.358. The number of amides is 1. The summed E-state index contributed by atoms with van der Waals surface area (Å²) in [7, 11) is 0. The summed E-state index contributed by atoms with van der Waals surface area (Å²) in [6.45, 7) is 0. The molecule has 0 aliphatic rings. The van der Waals surface area contributed by atoms with E-state index in [1.165, 1.54) is 28.6 Å². The van der Waals surface area contributed by atoms with Gasteiger partial charge in [-0.15, -0.1) is 0 Å². The van der Waals surface area contributed by atoms with Crippen LogP contribution < -0.4 is 5.01 Å². The molecule has 7 nitrogen and oxygen atoms in total. The number of halogens is 2. The molecule has 0 saturated heterocycles. The van der Waals surface area contributed by atoms with Crippen LogP contribution >= 0.6 is 54.5 Å². The van der Waals surface area contributed by atoms with E-state index in [4.69, 9.17) is 0 Å². The molecule has 0 fully saturated rings. The molecule has 0 saturated carbocycles. The number of carbonyl (C=O) groups excluding carboxylic acids is 1. The monoisotopic (exact) mass is 564 g/mol. The predicted octanol–water partition coefficient (Wildman–Crippen LogP) is 6.47. The Bertz CT molecular complexity index is 1280. The maximum atomic E-state index is 13.2. The Morgan fingerprint density at radius 3 is 2.50 bits per heavy atom. The molecule has 2 heterocycles. The number of hydrogen-bond donors (Lipinski definition) is 0. The molecule has 0 N–H and O–H groups in total. The van der Waals surface area contributed by atoms with Crippen molar-refractivity contribution in [3.63, 3.8) is 0 Å². The van der Waals surface area contributed by atoms with Crippen molar-refractivity contribution in [2.24, 2.45) is 5.10 Å². The molecular weight excluding hydrogens is 556 g/mol. The van der Waals surface area contributed by atoms with Crippen molar-refractivity contribution < 1.29 is 9.72 Å². The number of aromatic nitrogens is 1. The van der Waals surface area contributed by atoms with E-state index >= 15 is 0 Å². The van der Waals surface area contributed by atoms with Crippen LogP contribution in [0.3, 0.4) is 0 Å². The van der Waals surface area contributed by atoms with Crippen LogP contribution in [0.1, 0.15) is 15.2 Å². The van der Waals surface area contributed by atoms with Crippen molar-refractivity contribution in [1.82, 2.24) is 4.98 Å². The number of thiophene rings is 1. The van der Waals surface area contributed by atoms with E-state index in [0.29, 0.717) is 15.6 Å². The zero-order valence-corrected chi connectivity index (χ0v) is 19.7. The molecule has 0 unspecified atom stereocenters. The second-order valence-corrected chi connectivity index (χ2v) is 9.84. The molecule has 150 valence electrons. The Hall–Kier alpha value is -2.47. The molecule has 4 aromatic rings. The second kappa shape index (κ2) is 8.72. The Morgan fingerprint density at radius 1 is 1.07 bits per heavy atom. The van der Waals surface area contributed by atoms with Crippen molar-refractivity contribution in [3.05, 3.63) is 84.1 Å². The first kappa shape index (κ1) is 20.8. The summed E-state index contributed by atoms with van der Waals surface area (Å²) in [4.78, 5) is 28.7. The third-order valence-corrected chi connectivity index (χ3v) is 6.88. The molecule has 0 bridgehead atoms. The summed E-state index contributed by atoms with van der Waals surface area (Å²) >= 11 is 9.10. The van der Waals surface area contributed by atoms with E-state index in [0.717, 1.165) is 30.5 Å². The number of nitrogens with zero attached hydrogens (tertiary/aromatic N) is 4. The number of carbonyl (C=O) groups is 1. The largest absolute Gasteiger partial charge is 0.324 e. The molecule has 1 amide bonds. The molecule has 0 aliphatic carbocycles. The van der Waals surface area contributed by atoms with Gasteiger partial charge in [-0.05, 0) is 48.5 Å². The van der Waals surface area contributed by atoms with Crippen molar-refractivity contribution >= 4 is 87.0 Å². The van der Waals surface area contributed by atoms with Gasteiger partial charge in [0.05, 0.1) is 26.2 Å². The summed E-state index contributed by atoms with van der Waals surface area (Å²) in [6.07, 6.45) is 1.43. The lowest BCUT2D eigenvalue weighted by molar-refractivity contribution is -0.380. The summed E-state index contributed by atoms with van der Waals surface area (Å²) in [5, 5.41) is 16.9. The van der Waals surface area contributed by atoms with Gasteiger partial charge >= 0.3 is 5.00 Å². The van der Waals surface area contributed by atoms with Crippen LogP contribution in [0.5, 0.6) is 0 Å². The van der Waals surface area contributed by atoms with Crippen molar-refractivity contribution in [2.45, 2.75) is 0 Å². The highest BCUT2D eigenvalue weighted by atomic mass is 79.9. The Balaban J connectivity index is 1.74.